The average molecular weight is 196 g/mol. The Kier molecular flexibility index (Phi) is 4.30. The van der Waals surface area contributed by atoms with Crippen molar-refractivity contribution in [1.29, 1.82) is 0 Å². The predicted molar refractivity (Wildman–Crippen MR) is 55.5 cm³/mol. The van der Waals surface area contributed by atoms with E-state index in [-0.39, 0.29) is 6.42 Å². The second-order valence-corrected chi connectivity index (χ2v) is 3.23. The van der Waals surface area contributed by atoms with Crippen molar-refractivity contribution in [1.82, 2.24) is 0 Å². The van der Waals surface area contributed by atoms with Gasteiger partial charge in [0.05, 0.1) is 0 Å². The van der Waals surface area contributed by atoms with Gasteiger partial charge < -0.3 is 0 Å². The number of rotatable bonds is 5. The summed E-state index contributed by atoms with van der Waals surface area (Å²) in [6, 6.07) is 7.81. The summed E-state index contributed by atoms with van der Waals surface area (Å²) in [5.74, 6) is 0. The van der Waals surface area contributed by atoms with Crippen molar-refractivity contribution in [3.63, 3.8) is 0 Å². The average Bonchev–Trinajstić information content (AvgIpc) is 2.18. The molecule has 0 bridgehead atoms. The van der Waals surface area contributed by atoms with E-state index in [0.717, 1.165) is 11.1 Å². The summed E-state index contributed by atoms with van der Waals surface area (Å²) in [4.78, 5) is 0. The fraction of sp³-hybridized carbons (Fsp3) is 0.333. The van der Waals surface area contributed by atoms with E-state index in [1.165, 1.54) is 0 Å². The zero-order chi connectivity index (χ0) is 10.4. The van der Waals surface area contributed by atoms with Gasteiger partial charge in [-0.1, -0.05) is 36.9 Å². The molecule has 76 valence electrons. The Morgan fingerprint density at radius 2 is 2.14 bits per heavy atom. The summed E-state index contributed by atoms with van der Waals surface area (Å²) in [6.45, 7) is 3.66. The van der Waals surface area contributed by atoms with Crippen LogP contribution in [0.4, 0.5) is 8.78 Å². The van der Waals surface area contributed by atoms with Crippen molar-refractivity contribution in [2.75, 3.05) is 0 Å². The van der Waals surface area contributed by atoms with Gasteiger partial charge in [0.1, 0.15) is 0 Å². The van der Waals surface area contributed by atoms with Crippen molar-refractivity contribution >= 4 is 6.08 Å². The maximum absolute atomic E-state index is 11.9. The number of hydrogen-bond acceptors (Lipinski definition) is 0. The Morgan fingerprint density at radius 1 is 1.36 bits per heavy atom. The standard InChI is InChI=1S/C12H14F2/c1-2-10-5-3-6-11(9-10)7-4-8-12(13)14/h2-3,5-6,9,12H,1,4,7-8H2. The highest BCUT2D eigenvalue weighted by molar-refractivity contribution is 5.47. The molecule has 0 saturated carbocycles. The van der Waals surface area contributed by atoms with Crippen molar-refractivity contribution in [2.24, 2.45) is 0 Å². The minimum absolute atomic E-state index is 0.0156. The first-order valence-corrected chi connectivity index (χ1v) is 4.72. The van der Waals surface area contributed by atoms with Crippen molar-refractivity contribution in [3.8, 4) is 0 Å². The van der Waals surface area contributed by atoms with Crippen LogP contribution in [-0.2, 0) is 6.42 Å². The fourth-order valence-corrected chi connectivity index (χ4v) is 1.34. The van der Waals surface area contributed by atoms with Crippen LogP contribution < -0.4 is 0 Å². The molecule has 0 aliphatic heterocycles. The quantitative estimate of drug-likeness (QED) is 0.669. The van der Waals surface area contributed by atoms with Crippen LogP contribution in [0.1, 0.15) is 24.0 Å². The van der Waals surface area contributed by atoms with E-state index < -0.39 is 6.43 Å². The van der Waals surface area contributed by atoms with Crippen LogP contribution >= 0.6 is 0 Å². The number of aryl methyl sites for hydroxylation is 1. The normalized spacial score (nSPS) is 10.5. The van der Waals surface area contributed by atoms with Crippen molar-refractivity contribution < 1.29 is 8.78 Å². The topological polar surface area (TPSA) is 0 Å². The molecule has 0 N–H and O–H groups in total. The summed E-state index contributed by atoms with van der Waals surface area (Å²) in [7, 11) is 0. The maximum atomic E-state index is 11.9. The lowest BCUT2D eigenvalue weighted by atomic mass is 10.1. The van der Waals surface area contributed by atoms with Gasteiger partial charge >= 0.3 is 0 Å². The molecule has 2 heteroatoms. The van der Waals surface area contributed by atoms with E-state index in [0.29, 0.717) is 12.8 Å². The molecule has 0 unspecified atom stereocenters. The molecule has 1 aromatic rings. The van der Waals surface area contributed by atoms with Gasteiger partial charge in [-0.3, -0.25) is 0 Å². The van der Waals surface area contributed by atoms with Crippen LogP contribution in [0.5, 0.6) is 0 Å². The monoisotopic (exact) mass is 196 g/mol. The van der Waals surface area contributed by atoms with Crippen LogP contribution in [0.15, 0.2) is 30.8 Å². The highest BCUT2D eigenvalue weighted by Gasteiger charge is 2.01. The molecule has 0 heterocycles. The summed E-state index contributed by atoms with van der Waals surface area (Å²) in [5.41, 5.74) is 2.14. The SMILES string of the molecule is C=Cc1cccc(CCCC(F)F)c1. The van der Waals surface area contributed by atoms with Crippen LogP contribution in [0.2, 0.25) is 0 Å². The Morgan fingerprint density at radius 3 is 2.79 bits per heavy atom. The van der Waals surface area contributed by atoms with Gasteiger partial charge in [0, 0.05) is 6.42 Å². The zero-order valence-electron chi connectivity index (χ0n) is 8.05. The molecule has 0 saturated heterocycles. The van der Waals surface area contributed by atoms with E-state index in [9.17, 15) is 8.78 Å². The predicted octanol–water partition coefficient (Wildman–Crippen LogP) is 3.92. The molecule has 1 aromatic carbocycles. The number of benzene rings is 1. The highest BCUT2D eigenvalue weighted by Crippen LogP contribution is 2.11. The molecule has 0 aromatic heterocycles. The molecule has 0 radical (unpaired) electrons. The molecule has 0 nitrogen and oxygen atoms in total. The van der Waals surface area contributed by atoms with E-state index >= 15 is 0 Å². The molecule has 0 aliphatic rings. The molecule has 0 aliphatic carbocycles. The van der Waals surface area contributed by atoms with Crippen molar-refractivity contribution in [2.45, 2.75) is 25.7 Å². The van der Waals surface area contributed by atoms with Gasteiger partial charge in [-0.15, -0.1) is 0 Å². The van der Waals surface area contributed by atoms with Gasteiger partial charge in [0.2, 0.25) is 6.43 Å². The van der Waals surface area contributed by atoms with Gasteiger partial charge in [0.15, 0.2) is 0 Å². The summed E-state index contributed by atoms with van der Waals surface area (Å²) < 4.78 is 23.7. The third-order valence-corrected chi connectivity index (χ3v) is 2.07. The first kappa shape index (κ1) is 10.9. The Hall–Kier alpha value is -1.18. The lowest BCUT2D eigenvalue weighted by Crippen LogP contribution is -1.92. The minimum Gasteiger partial charge on any atom is -0.211 e. The molecular formula is C12H14F2. The van der Waals surface area contributed by atoms with E-state index in [4.69, 9.17) is 0 Å². The molecule has 1 rings (SSSR count). The van der Waals surface area contributed by atoms with E-state index in [2.05, 4.69) is 6.58 Å². The van der Waals surface area contributed by atoms with Crippen molar-refractivity contribution in [3.05, 3.63) is 42.0 Å². The molecule has 14 heavy (non-hydrogen) atoms. The maximum Gasteiger partial charge on any atom is 0.238 e. The molecule has 0 atom stereocenters. The minimum atomic E-state index is -2.18. The number of alkyl halides is 2. The lowest BCUT2D eigenvalue weighted by Gasteiger charge is -2.02. The number of hydrogen-bond donors (Lipinski definition) is 0. The van der Waals surface area contributed by atoms with Crippen LogP contribution in [0, 0.1) is 0 Å². The Bertz CT molecular complexity index is 292. The number of halogens is 2. The highest BCUT2D eigenvalue weighted by atomic mass is 19.3. The van der Waals surface area contributed by atoms with Crippen LogP contribution in [0.3, 0.4) is 0 Å². The smallest absolute Gasteiger partial charge is 0.211 e. The lowest BCUT2D eigenvalue weighted by molar-refractivity contribution is 0.135. The van der Waals surface area contributed by atoms with E-state index in [1.807, 2.05) is 24.3 Å². The Balaban J connectivity index is 2.46. The van der Waals surface area contributed by atoms with Crippen LogP contribution in [-0.4, -0.2) is 6.43 Å². The molecule has 0 spiro atoms. The van der Waals surface area contributed by atoms with Gasteiger partial charge in [0.25, 0.3) is 0 Å². The van der Waals surface area contributed by atoms with Crippen LogP contribution in [0.25, 0.3) is 6.08 Å². The second kappa shape index (κ2) is 5.53. The summed E-state index contributed by atoms with van der Waals surface area (Å²) >= 11 is 0. The first-order chi connectivity index (χ1) is 6.72. The summed E-state index contributed by atoms with van der Waals surface area (Å²) in [6.07, 6.45) is 0.816. The molecule has 0 amide bonds. The van der Waals surface area contributed by atoms with Gasteiger partial charge in [-0.05, 0) is 24.0 Å². The largest absolute Gasteiger partial charge is 0.238 e. The third-order valence-electron chi connectivity index (χ3n) is 2.07. The zero-order valence-corrected chi connectivity index (χ0v) is 8.05. The van der Waals surface area contributed by atoms with Gasteiger partial charge in [-0.25, -0.2) is 8.78 Å². The Labute approximate surface area is 83.3 Å². The second-order valence-electron chi connectivity index (χ2n) is 3.23. The van der Waals surface area contributed by atoms with Gasteiger partial charge in [-0.2, -0.15) is 0 Å². The van der Waals surface area contributed by atoms with E-state index in [1.54, 1.807) is 6.08 Å². The third kappa shape index (κ3) is 3.69. The summed E-state index contributed by atoms with van der Waals surface area (Å²) in [5, 5.41) is 0. The fourth-order valence-electron chi connectivity index (χ4n) is 1.34. The molecular weight excluding hydrogens is 182 g/mol. The molecule has 0 fully saturated rings. The first-order valence-electron chi connectivity index (χ1n) is 4.72.